The molecule has 0 fully saturated rings. The molecule has 0 saturated carbocycles. The molecule has 0 atom stereocenters. The van der Waals surface area contributed by atoms with E-state index < -0.39 is 0 Å². The first-order valence-corrected chi connectivity index (χ1v) is 7.08. The number of aliphatic hydroxyl groups excluding tert-OH is 1. The molecule has 2 aromatic rings. The zero-order chi connectivity index (χ0) is 14.5. The summed E-state index contributed by atoms with van der Waals surface area (Å²) < 4.78 is 5.26. The molecule has 4 heteroatoms. The summed E-state index contributed by atoms with van der Waals surface area (Å²) in [5.74, 6) is 0.395. The highest BCUT2D eigenvalue weighted by atomic mass is 32.1. The maximum absolute atomic E-state index is 12.3. The second-order valence-corrected chi connectivity index (χ2v) is 5.34. The first-order valence-electron chi connectivity index (χ1n) is 6.20. The number of methoxy groups -OCH3 is 1. The van der Waals surface area contributed by atoms with Crippen molar-refractivity contribution in [1.29, 1.82) is 0 Å². The topological polar surface area (TPSA) is 46.5 Å². The molecule has 0 spiro atoms. The second kappa shape index (κ2) is 6.50. The lowest BCUT2D eigenvalue weighted by molar-refractivity contribution is 0.104. The summed E-state index contributed by atoms with van der Waals surface area (Å²) in [5.41, 5.74) is 2.07. The molecule has 0 aliphatic carbocycles. The van der Waals surface area contributed by atoms with Crippen molar-refractivity contribution in [3.63, 3.8) is 0 Å². The van der Waals surface area contributed by atoms with E-state index in [-0.39, 0.29) is 12.4 Å². The molecule has 0 radical (unpaired) electrons. The van der Waals surface area contributed by atoms with Gasteiger partial charge in [-0.25, -0.2) is 0 Å². The van der Waals surface area contributed by atoms with Crippen LogP contribution in [0.2, 0.25) is 0 Å². The van der Waals surface area contributed by atoms with Gasteiger partial charge in [0.1, 0.15) is 5.75 Å². The van der Waals surface area contributed by atoms with Crippen LogP contribution in [0.4, 0.5) is 0 Å². The van der Waals surface area contributed by atoms with Gasteiger partial charge in [0.15, 0.2) is 5.78 Å². The van der Waals surface area contributed by atoms with Crippen LogP contribution >= 0.6 is 11.3 Å². The zero-order valence-electron chi connectivity index (χ0n) is 11.4. The van der Waals surface area contributed by atoms with Gasteiger partial charge in [-0.15, -0.1) is 11.3 Å². The Labute approximate surface area is 122 Å². The van der Waals surface area contributed by atoms with Gasteiger partial charge in [-0.05, 0) is 47.7 Å². The van der Waals surface area contributed by atoms with Gasteiger partial charge in [-0.2, -0.15) is 0 Å². The zero-order valence-corrected chi connectivity index (χ0v) is 12.2. The van der Waals surface area contributed by atoms with Crippen LogP contribution in [-0.4, -0.2) is 18.0 Å². The summed E-state index contributed by atoms with van der Waals surface area (Å²) in [5, 5.41) is 11.2. The van der Waals surface area contributed by atoms with Gasteiger partial charge in [0.2, 0.25) is 0 Å². The van der Waals surface area contributed by atoms with Gasteiger partial charge < -0.3 is 9.84 Å². The monoisotopic (exact) mass is 288 g/mol. The number of hydrogen-bond donors (Lipinski definition) is 1. The number of rotatable bonds is 5. The number of allylic oxidation sites excluding steroid dienone is 1. The van der Waals surface area contributed by atoms with E-state index in [1.807, 2.05) is 24.4 Å². The van der Waals surface area contributed by atoms with Gasteiger partial charge in [-0.1, -0.05) is 12.1 Å². The molecule has 0 saturated heterocycles. The summed E-state index contributed by atoms with van der Waals surface area (Å²) in [6.45, 7) is 1.77. The Morgan fingerprint density at radius 2 is 2.25 bits per heavy atom. The van der Waals surface area contributed by atoms with Crippen molar-refractivity contribution in [3.8, 4) is 5.75 Å². The van der Waals surface area contributed by atoms with Crippen LogP contribution < -0.4 is 4.74 Å². The fourth-order valence-corrected chi connectivity index (χ4v) is 2.64. The molecular weight excluding hydrogens is 272 g/mol. The molecule has 1 aromatic heterocycles. The molecular formula is C16H16O3S. The van der Waals surface area contributed by atoms with Crippen LogP contribution in [0.25, 0.3) is 6.08 Å². The number of thiophene rings is 1. The van der Waals surface area contributed by atoms with Gasteiger partial charge in [0.25, 0.3) is 0 Å². The third-order valence-electron chi connectivity index (χ3n) is 2.95. The highest BCUT2D eigenvalue weighted by molar-refractivity contribution is 7.10. The van der Waals surface area contributed by atoms with E-state index in [2.05, 4.69) is 0 Å². The molecule has 0 amide bonds. The largest absolute Gasteiger partial charge is 0.496 e. The highest BCUT2D eigenvalue weighted by Crippen LogP contribution is 2.26. The Bertz CT molecular complexity index is 627. The number of carbonyl (C=O) groups is 1. The van der Waals surface area contributed by atoms with Gasteiger partial charge in [-0.3, -0.25) is 4.79 Å². The summed E-state index contributed by atoms with van der Waals surface area (Å²) in [6, 6.07) is 7.39. The Morgan fingerprint density at radius 3 is 2.85 bits per heavy atom. The lowest BCUT2D eigenvalue weighted by Gasteiger charge is -2.11. The maximum Gasteiger partial charge on any atom is 0.189 e. The summed E-state index contributed by atoms with van der Waals surface area (Å²) >= 11 is 1.58. The molecule has 3 nitrogen and oxygen atoms in total. The van der Waals surface area contributed by atoms with Crippen LogP contribution in [-0.2, 0) is 6.61 Å². The van der Waals surface area contributed by atoms with Crippen LogP contribution in [0, 0.1) is 6.92 Å². The number of aryl methyl sites for hydroxylation is 1. The van der Waals surface area contributed by atoms with Gasteiger partial charge >= 0.3 is 0 Å². The Morgan fingerprint density at radius 1 is 1.45 bits per heavy atom. The average Bonchev–Trinajstić information content (AvgIpc) is 2.97. The predicted molar refractivity (Wildman–Crippen MR) is 81.3 cm³/mol. The van der Waals surface area contributed by atoms with E-state index >= 15 is 0 Å². The normalized spacial score (nSPS) is 10.9. The smallest absolute Gasteiger partial charge is 0.189 e. The van der Waals surface area contributed by atoms with E-state index in [0.29, 0.717) is 11.3 Å². The molecule has 0 bridgehead atoms. The molecule has 0 unspecified atom stereocenters. The van der Waals surface area contributed by atoms with Gasteiger partial charge in [0, 0.05) is 4.88 Å². The van der Waals surface area contributed by atoms with Crippen LogP contribution in [0.3, 0.4) is 0 Å². The Balaban J connectivity index is 2.34. The number of ketones is 1. The van der Waals surface area contributed by atoms with Crippen molar-refractivity contribution in [2.24, 2.45) is 0 Å². The van der Waals surface area contributed by atoms with Crippen molar-refractivity contribution >= 4 is 23.2 Å². The molecule has 0 aliphatic heterocycles. The lowest BCUT2D eigenvalue weighted by Crippen LogP contribution is -2.03. The van der Waals surface area contributed by atoms with E-state index in [1.165, 1.54) is 7.11 Å². The fraction of sp³-hybridized carbons (Fsp3) is 0.188. The minimum atomic E-state index is -0.0998. The molecule has 1 heterocycles. The van der Waals surface area contributed by atoms with Crippen molar-refractivity contribution in [2.45, 2.75) is 13.5 Å². The van der Waals surface area contributed by atoms with Crippen molar-refractivity contribution in [1.82, 2.24) is 0 Å². The summed E-state index contributed by atoms with van der Waals surface area (Å²) in [4.78, 5) is 13.3. The minimum Gasteiger partial charge on any atom is -0.496 e. The van der Waals surface area contributed by atoms with E-state index in [0.717, 1.165) is 16.0 Å². The van der Waals surface area contributed by atoms with Gasteiger partial charge in [0.05, 0.1) is 19.3 Å². The minimum absolute atomic E-state index is 0.0727. The molecule has 1 N–H and O–H groups in total. The number of benzene rings is 1. The standard InChI is InChI=1S/C16H16O3S/c1-11-8-12(10-17)9-15(19-2)16(11)14(18)6-5-13-4-3-7-20-13/h3-9,17H,10H2,1-2H3/b6-5+. The van der Waals surface area contributed by atoms with Crippen molar-refractivity contribution in [3.05, 3.63) is 57.3 Å². The number of aliphatic hydroxyl groups is 1. The molecule has 0 aliphatic rings. The summed E-state index contributed by atoms with van der Waals surface area (Å²) in [7, 11) is 1.52. The number of carbonyl (C=O) groups excluding carboxylic acids is 1. The van der Waals surface area contributed by atoms with E-state index in [9.17, 15) is 9.90 Å². The first-order chi connectivity index (χ1) is 9.65. The first kappa shape index (κ1) is 14.5. The Kier molecular flexibility index (Phi) is 4.71. The lowest BCUT2D eigenvalue weighted by atomic mass is 10.00. The number of ether oxygens (including phenoxy) is 1. The SMILES string of the molecule is COc1cc(CO)cc(C)c1C(=O)/C=C/c1cccs1. The van der Waals surface area contributed by atoms with Crippen LogP contribution in [0.5, 0.6) is 5.75 Å². The molecule has 2 rings (SSSR count). The summed E-state index contributed by atoms with van der Waals surface area (Å²) in [6.07, 6.45) is 3.35. The maximum atomic E-state index is 12.3. The van der Waals surface area contributed by atoms with Crippen molar-refractivity contribution < 1.29 is 14.6 Å². The molecule has 104 valence electrons. The van der Waals surface area contributed by atoms with Crippen LogP contribution in [0.15, 0.2) is 35.7 Å². The fourth-order valence-electron chi connectivity index (χ4n) is 2.02. The average molecular weight is 288 g/mol. The second-order valence-electron chi connectivity index (χ2n) is 4.36. The number of hydrogen-bond acceptors (Lipinski definition) is 4. The van der Waals surface area contributed by atoms with Crippen LogP contribution in [0.1, 0.15) is 26.4 Å². The third kappa shape index (κ3) is 3.15. The highest BCUT2D eigenvalue weighted by Gasteiger charge is 2.14. The van der Waals surface area contributed by atoms with E-state index in [1.54, 1.807) is 35.6 Å². The molecule has 1 aromatic carbocycles. The quantitative estimate of drug-likeness (QED) is 0.677. The molecule has 20 heavy (non-hydrogen) atoms. The predicted octanol–water partition coefficient (Wildman–Crippen LogP) is 3.45. The third-order valence-corrected chi connectivity index (χ3v) is 3.79. The van der Waals surface area contributed by atoms with Crippen molar-refractivity contribution in [2.75, 3.05) is 7.11 Å². The van der Waals surface area contributed by atoms with E-state index in [4.69, 9.17) is 4.74 Å². The Hall–Kier alpha value is -1.91.